The molecule has 144 valence electrons. The van der Waals surface area contributed by atoms with Crippen molar-refractivity contribution in [3.63, 3.8) is 0 Å². The lowest BCUT2D eigenvalue weighted by Gasteiger charge is -2.63. The average Bonchev–Trinajstić information content (AvgIpc) is 3.01. The lowest BCUT2D eigenvalue weighted by Crippen LogP contribution is -2.76. The second-order valence-electron chi connectivity index (χ2n) is 8.07. The van der Waals surface area contributed by atoms with Crippen LogP contribution in [0.4, 0.5) is 0 Å². The zero-order valence-electron chi connectivity index (χ0n) is 15.4. The van der Waals surface area contributed by atoms with Crippen molar-refractivity contribution in [1.29, 1.82) is 0 Å². The van der Waals surface area contributed by atoms with Crippen molar-refractivity contribution in [2.75, 3.05) is 27.2 Å². The van der Waals surface area contributed by atoms with Gasteiger partial charge >= 0.3 is 5.97 Å². The van der Waals surface area contributed by atoms with E-state index in [0.29, 0.717) is 5.75 Å². The molecule has 4 aliphatic rings. The van der Waals surface area contributed by atoms with Crippen LogP contribution in [-0.2, 0) is 21.4 Å². The number of rotatable bonds is 4. The van der Waals surface area contributed by atoms with Crippen molar-refractivity contribution >= 4 is 5.97 Å². The second kappa shape index (κ2) is 5.47. The number of aromatic hydroxyl groups is 1. The van der Waals surface area contributed by atoms with Crippen LogP contribution in [0.15, 0.2) is 24.3 Å². The Hall–Kier alpha value is -2.09. The lowest BCUT2D eigenvalue weighted by atomic mass is 9.50. The number of carbonyl (C=O) groups is 1. The molecular weight excluding hydrogens is 348 g/mol. The highest BCUT2D eigenvalue weighted by Gasteiger charge is 2.72. The van der Waals surface area contributed by atoms with Crippen molar-refractivity contribution in [3.05, 3.63) is 35.4 Å². The van der Waals surface area contributed by atoms with Gasteiger partial charge in [-0.25, -0.2) is 0 Å². The maximum absolute atomic E-state index is 11.1. The van der Waals surface area contributed by atoms with E-state index in [1.54, 1.807) is 13.2 Å². The van der Waals surface area contributed by atoms with Crippen LogP contribution in [0.3, 0.4) is 0 Å². The second-order valence-corrected chi connectivity index (χ2v) is 8.07. The molecule has 1 fully saturated rings. The van der Waals surface area contributed by atoms with Gasteiger partial charge < -0.3 is 19.7 Å². The molecule has 7 nitrogen and oxygen atoms in total. The summed E-state index contributed by atoms with van der Waals surface area (Å²) in [7, 11) is 3.87. The smallest absolute Gasteiger partial charge is 0.317 e. The summed E-state index contributed by atoms with van der Waals surface area (Å²) in [5.41, 5.74) is 1.20. The summed E-state index contributed by atoms with van der Waals surface area (Å²) in [4.78, 5) is 13.5. The van der Waals surface area contributed by atoms with Crippen LogP contribution in [0.1, 0.15) is 17.5 Å². The van der Waals surface area contributed by atoms with Crippen molar-refractivity contribution in [2.45, 2.75) is 42.0 Å². The van der Waals surface area contributed by atoms with Gasteiger partial charge in [-0.3, -0.25) is 15.0 Å². The summed E-state index contributed by atoms with van der Waals surface area (Å²) in [6.07, 6.45) is 5.39. The standard InChI is InChI=1S/C20H24N2O5/c1-22-8-7-19-16-11-3-4-13(23)17(16)27-18(19)12(21-10-15(24)25)5-6-20(19,26-2)14(22)9-11/h3-6,12,14,18,21,23H,7-10H2,1-2H3,(H,24,25)/t12-,14-,18+,19+,20-/m1/s1. The van der Waals surface area contributed by atoms with E-state index < -0.39 is 17.0 Å². The first-order chi connectivity index (χ1) is 12.9. The third kappa shape index (κ3) is 1.89. The summed E-state index contributed by atoms with van der Waals surface area (Å²) in [6, 6.07) is 3.57. The molecule has 3 N–H and O–H groups in total. The van der Waals surface area contributed by atoms with Crippen LogP contribution in [0, 0.1) is 0 Å². The molecule has 2 aliphatic heterocycles. The van der Waals surface area contributed by atoms with Crippen molar-refractivity contribution in [2.24, 2.45) is 0 Å². The number of benzene rings is 1. The molecule has 1 spiro atoms. The van der Waals surface area contributed by atoms with Crippen molar-refractivity contribution in [3.8, 4) is 11.5 Å². The number of hydrogen-bond donors (Lipinski definition) is 3. The van der Waals surface area contributed by atoms with Gasteiger partial charge in [0.2, 0.25) is 0 Å². The number of methoxy groups -OCH3 is 1. The predicted octanol–water partition coefficient (Wildman–Crippen LogP) is 0.649. The molecule has 1 aromatic rings. The van der Waals surface area contributed by atoms with Crippen LogP contribution in [0.25, 0.3) is 0 Å². The van der Waals surface area contributed by atoms with Gasteiger partial charge in [-0.2, -0.15) is 0 Å². The molecule has 0 aromatic heterocycles. The molecule has 1 saturated heterocycles. The van der Waals surface area contributed by atoms with Crippen molar-refractivity contribution in [1.82, 2.24) is 10.2 Å². The van der Waals surface area contributed by atoms with E-state index in [9.17, 15) is 9.90 Å². The van der Waals surface area contributed by atoms with Crippen LogP contribution in [-0.4, -0.2) is 72.1 Å². The maximum atomic E-state index is 11.1. The highest BCUT2D eigenvalue weighted by molar-refractivity contribution is 5.69. The number of aliphatic carboxylic acids is 1. The van der Waals surface area contributed by atoms with Crippen LogP contribution < -0.4 is 10.1 Å². The zero-order chi connectivity index (χ0) is 19.0. The highest BCUT2D eigenvalue weighted by atomic mass is 16.5. The Bertz CT molecular complexity index is 855. The molecule has 0 radical (unpaired) electrons. The van der Waals surface area contributed by atoms with E-state index in [2.05, 4.69) is 23.3 Å². The van der Waals surface area contributed by atoms with Gasteiger partial charge in [-0.15, -0.1) is 0 Å². The fraction of sp³-hybridized carbons (Fsp3) is 0.550. The van der Waals surface area contributed by atoms with Gasteiger partial charge in [-0.1, -0.05) is 18.2 Å². The molecule has 1 aromatic carbocycles. The number of hydrogen-bond acceptors (Lipinski definition) is 6. The zero-order valence-corrected chi connectivity index (χ0v) is 15.4. The molecule has 5 atom stereocenters. The number of likely N-dealkylation sites (N-methyl/N-ethyl adjacent to an activating group) is 1. The Labute approximate surface area is 157 Å². The van der Waals surface area contributed by atoms with Gasteiger partial charge in [0, 0.05) is 18.7 Å². The third-order valence-electron chi connectivity index (χ3n) is 7.10. The van der Waals surface area contributed by atoms with Crippen molar-refractivity contribution < 1.29 is 24.5 Å². The monoisotopic (exact) mass is 372 g/mol. The summed E-state index contributed by atoms with van der Waals surface area (Å²) < 4.78 is 12.6. The van der Waals surface area contributed by atoms with Gasteiger partial charge in [0.25, 0.3) is 0 Å². The minimum absolute atomic E-state index is 0.136. The van der Waals surface area contributed by atoms with E-state index in [-0.39, 0.29) is 30.5 Å². The molecule has 2 heterocycles. The van der Waals surface area contributed by atoms with Gasteiger partial charge in [0.1, 0.15) is 11.7 Å². The number of phenolic OH excluding ortho intramolecular Hbond substituents is 1. The quantitative estimate of drug-likeness (QED) is 0.669. The molecule has 7 heteroatoms. The van der Waals surface area contributed by atoms with E-state index in [4.69, 9.17) is 14.6 Å². The minimum Gasteiger partial charge on any atom is -0.504 e. The third-order valence-corrected chi connectivity index (χ3v) is 7.10. The number of phenols is 1. The van der Waals surface area contributed by atoms with Crippen LogP contribution in [0.5, 0.6) is 11.5 Å². The fourth-order valence-electron chi connectivity index (χ4n) is 6.04. The van der Waals surface area contributed by atoms with E-state index in [1.807, 2.05) is 12.1 Å². The molecule has 27 heavy (non-hydrogen) atoms. The van der Waals surface area contributed by atoms with Gasteiger partial charge in [0.15, 0.2) is 11.5 Å². The number of nitrogens with one attached hydrogen (secondary N) is 1. The average molecular weight is 372 g/mol. The summed E-state index contributed by atoms with van der Waals surface area (Å²) in [5, 5.41) is 22.7. The highest BCUT2D eigenvalue weighted by Crippen LogP contribution is 2.64. The molecule has 0 unspecified atom stereocenters. The number of carboxylic acid groups (broad SMARTS) is 1. The number of likely N-dealkylation sites (tertiary alicyclic amines) is 1. The number of nitrogens with zero attached hydrogens (tertiary/aromatic N) is 1. The Kier molecular flexibility index (Phi) is 3.45. The first-order valence-corrected chi connectivity index (χ1v) is 9.36. The summed E-state index contributed by atoms with van der Waals surface area (Å²) in [6.45, 7) is 0.743. The predicted molar refractivity (Wildman–Crippen MR) is 97.2 cm³/mol. The van der Waals surface area contributed by atoms with Crippen LogP contribution >= 0.6 is 0 Å². The first-order valence-electron chi connectivity index (χ1n) is 9.36. The largest absolute Gasteiger partial charge is 0.504 e. The van der Waals surface area contributed by atoms with E-state index in [0.717, 1.165) is 24.9 Å². The van der Waals surface area contributed by atoms with Gasteiger partial charge in [0.05, 0.1) is 18.0 Å². The Morgan fingerprint density at radius 2 is 2.30 bits per heavy atom. The maximum Gasteiger partial charge on any atom is 0.317 e. The molecule has 5 rings (SSSR count). The minimum atomic E-state index is -0.909. The number of piperidine rings is 1. The normalized spacial score (nSPS) is 38.4. The molecule has 2 bridgehead atoms. The lowest BCUT2D eigenvalue weighted by molar-refractivity contribution is -0.157. The molecular formula is C20H24N2O5. The SMILES string of the molecule is CO[C@@]12C=C[C@@H](NCC(=O)O)[C@@H]3Oc4c(O)ccc5c4[C@@]31CCN(C)[C@@H]2C5. The first kappa shape index (κ1) is 17.0. The molecule has 0 amide bonds. The number of ether oxygens (including phenoxy) is 2. The summed E-state index contributed by atoms with van der Waals surface area (Å²) in [5.74, 6) is -0.238. The Morgan fingerprint density at radius 1 is 1.48 bits per heavy atom. The molecule has 0 saturated carbocycles. The fourth-order valence-corrected chi connectivity index (χ4v) is 6.04. The Balaban J connectivity index is 1.74. The number of carboxylic acids is 1. The van der Waals surface area contributed by atoms with Crippen LogP contribution in [0.2, 0.25) is 0 Å². The van der Waals surface area contributed by atoms with E-state index in [1.165, 1.54) is 5.56 Å². The topological polar surface area (TPSA) is 91.3 Å². The Morgan fingerprint density at radius 3 is 3.04 bits per heavy atom. The van der Waals surface area contributed by atoms with E-state index >= 15 is 0 Å². The molecule has 2 aliphatic carbocycles. The van der Waals surface area contributed by atoms with Gasteiger partial charge in [-0.05, 0) is 38.1 Å². The summed E-state index contributed by atoms with van der Waals surface area (Å²) >= 11 is 0.